The first-order valence-corrected chi connectivity index (χ1v) is 15.0. The van der Waals surface area contributed by atoms with Gasteiger partial charge in [-0.3, -0.25) is 4.79 Å². The number of anilines is 1. The molecule has 0 spiro atoms. The number of aromatic amines is 1. The van der Waals surface area contributed by atoms with E-state index in [9.17, 15) is 9.59 Å². The summed E-state index contributed by atoms with van der Waals surface area (Å²) in [4.78, 5) is 46.5. The molecule has 0 aliphatic carbocycles. The number of hydrogen-bond acceptors (Lipinski definition) is 8. The number of carbonyl (C=O) groups excluding carboxylic acids is 2. The number of hydrogen-bond donors (Lipinski definition) is 3. The Bertz CT molecular complexity index is 1670. The number of rotatable bonds is 8. The molecule has 2 aliphatic rings. The third kappa shape index (κ3) is 5.80. The number of H-pyrrole nitrogens is 1. The number of benzene rings is 2. The van der Waals surface area contributed by atoms with Crippen molar-refractivity contribution in [1.29, 1.82) is 0 Å². The highest BCUT2D eigenvalue weighted by Gasteiger charge is 2.27. The maximum absolute atomic E-state index is 13.1. The van der Waals surface area contributed by atoms with E-state index in [4.69, 9.17) is 28.2 Å². The third-order valence-electron chi connectivity index (χ3n) is 8.25. The molecule has 42 heavy (non-hydrogen) atoms. The van der Waals surface area contributed by atoms with Crippen molar-refractivity contribution in [2.45, 2.75) is 44.2 Å². The van der Waals surface area contributed by atoms with Gasteiger partial charge in [0.1, 0.15) is 29.6 Å². The number of piperidine rings is 1. The lowest BCUT2D eigenvalue weighted by Gasteiger charge is -2.34. The summed E-state index contributed by atoms with van der Waals surface area (Å²) in [5.41, 5.74) is 3.09. The van der Waals surface area contributed by atoms with Gasteiger partial charge in [-0.05, 0) is 69.1 Å². The molecule has 2 saturated heterocycles. The summed E-state index contributed by atoms with van der Waals surface area (Å²) in [6, 6.07) is 8.70. The van der Waals surface area contributed by atoms with Crippen molar-refractivity contribution in [1.82, 2.24) is 35.1 Å². The smallest absolute Gasteiger partial charge is 0.255 e. The van der Waals surface area contributed by atoms with Gasteiger partial charge in [0.05, 0.1) is 33.2 Å². The number of amides is 1. The van der Waals surface area contributed by atoms with Gasteiger partial charge >= 0.3 is 0 Å². The molecule has 12 heteroatoms. The number of imidazole rings is 1. The van der Waals surface area contributed by atoms with Crippen LogP contribution in [0.15, 0.2) is 42.4 Å². The molecule has 4 heterocycles. The third-order valence-corrected chi connectivity index (χ3v) is 8.80. The van der Waals surface area contributed by atoms with Crippen LogP contribution in [0.5, 0.6) is 0 Å². The number of fused-ring (bicyclic) bond motifs is 2. The Labute approximate surface area is 253 Å². The van der Waals surface area contributed by atoms with Crippen LogP contribution in [-0.2, 0) is 4.79 Å². The van der Waals surface area contributed by atoms with Gasteiger partial charge in [0.15, 0.2) is 0 Å². The van der Waals surface area contributed by atoms with Crippen molar-refractivity contribution < 1.29 is 9.59 Å². The minimum Gasteiger partial charge on any atom is -0.366 e. The molecule has 2 aromatic carbocycles. The first-order valence-electron chi connectivity index (χ1n) is 14.2. The fraction of sp³-hybridized carbons (Fsp3) is 0.400. The summed E-state index contributed by atoms with van der Waals surface area (Å²) < 4.78 is 0. The Hall–Kier alpha value is -3.69. The van der Waals surface area contributed by atoms with E-state index >= 15 is 0 Å². The molecule has 1 atom stereocenters. The number of likely N-dealkylation sites (tertiary alicyclic amines) is 1. The minimum atomic E-state index is -0.473. The van der Waals surface area contributed by atoms with Crippen LogP contribution in [0.3, 0.4) is 0 Å². The highest BCUT2D eigenvalue weighted by atomic mass is 35.5. The summed E-state index contributed by atoms with van der Waals surface area (Å²) >= 11 is 12.9. The predicted molar refractivity (Wildman–Crippen MR) is 165 cm³/mol. The second-order valence-electron chi connectivity index (χ2n) is 10.9. The Kier molecular flexibility index (Phi) is 8.31. The summed E-state index contributed by atoms with van der Waals surface area (Å²) in [6.07, 6.45) is 5.63. The molecular formula is C30H32Cl2N8O2. The molecule has 0 saturated carbocycles. The second-order valence-corrected chi connectivity index (χ2v) is 11.7. The van der Waals surface area contributed by atoms with E-state index in [1.807, 2.05) is 22.9 Å². The molecule has 2 aliphatic heterocycles. The topological polar surface area (TPSA) is 119 Å². The minimum absolute atomic E-state index is 0.0898. The molecule has 218 valence electrons. The van der Waals surface area contributed by atoms with Crippen molar-refractivity contribution in [3.63, 3.8) is 0 Å². The maximum atomic E-state index is 13.1. The zero-order valence-corrected chi connectivity index (χ0v) is 24.8. The van der Waals surface area contributed by atoms with E-state index < -0.39 is 6.04 Å². The maximum Gasteiger partial charge on any atom is 0.255 e. The Morgan fingerprint density at radius 1 is 1.14 bits per heavy atom. The van der Waals surface area contributed by atoms with Crippen molar-refractivity contribution in [2.24, 2.45) is 0 Å². The summed E-state index contributed by atoms with van der Waals surface area (Å²) in [7, 11) is 1.95. The molecule has 1 amide bonds. The van der Waals surface area contributed by atoms with Gasteiger partial charge in [0.25, 0.3) is 5.91 Å². The fourth-order valence-corrected chi connectivity index (χ4v) is 6.27. The van der Waals surface area contributed by atoms with Crippen molar-refractivity contribution in [2.75, 3.05) is 38.5 Å². The fourth-order valence-electron chi connectivity index (χ4n) is 5.86. The quantitative estimate of drug-likeness (QED) is 0.240. The molecule has 6 rings (SSSR count). The Balaban J connectivity index is 1.36. The lowest BCUT2D eigenvalue weighted by atomic mass is 10.0. The number of aromatic nitrogens is 4. The van der Waals surface area contributed by atoms with Crippen LogP contribution in [0.4, 0.5) is 5.82 Å². The lowest BCUT2D eigenvalue weighted by Crippen LogP contribution is -2.41. The lowest BCUT2D eigenvalue weighted by molar-refractivity contribution is 0.0793. The second kappa shape index (κ2) is 12.3. The monoisotopic (exact) mass is 606 g/mol. The largest absolute Gasteiger partial charge is 0.366 e. The van der Waals surface area contributed by atoms with Crippen LogP contribution in [0.1, 0.15) is 54.3 Å². The molecule has 2 fully saturated rings. The van der Waals surface area contributed by atoms with Crippen LogP contribution in [0, 0.1) is 0 Å². The highest BCUT2D eigenvalue weighted by molar-refractivity contribution is 6.35. The molecule has 1 unspecified atom stereocenters. The number of nitrogens with one attached hydrogen (secondary N) is 3. The standard InChI is InChI=1S/C30H32Cl2N8O2/c1-39(19-6-8-33-9-7-19)20(16-41)13-27(29-36-24-5-4-18(31)12-26(24)37-29)38-28-22-14-23(32)21(15-25(22)34-17-35-28)30(42)40-10-2-3-11-40/h4-5,12,14-15,17,19,27,33H,2-3,6-11,13H2,1H3,(H,36,37)(H,34,35,38). The van der Waals surface area contributed by atoms with Gasteiger partial charge in [-0.2, -0.15) is 0 Å². The van der Waals surface area contributed by atoms with E-state index in [1.165, 1.54) is 6.33 Å². The van der Waals surface area contributed by atoms with Crippen molar-refractivity contribution in [3.05, 3.63) is 63.8 Å². The molecular weight excluding hydrogens is 575 g/mol. The van der Waals surface area contributed by atoms with Crippen LogP contribution in [0.25, 0.3) is 21.9 Å². The molecule has 10 nitrogen and oxygen atoms in total. The van der Waals surface area contributed by atoms with E-state index in [0.717, 1.165) is 57.4 Å². The normalized spacial score (nSPS) is 16.5. The SMILES string of the molecule is CN(C(=C=O)CC(Nc1ncnc2cc(C(=O)N3CCCC3)c(Cl)cc12)c1nc2cc(Cl)ccc2[nH]1)C1CCNCC1. The van der Waals surface area contributed by atoms with Gasteiger partial charge in [0, 0.05) is 43.0 Å². The number of nitrogens with zero attached hydrogens (tertiary/aromatic N) is 5. The molecule has 0 bridgehead atoms. The van der Waals surface area contributed by atoms with Gasteiger partial charge in [-0.25, -0.2) is 19.7 Å². The average molecular weight is 608 g/mol. The molecule has 4 aromatic rings. The van der Waals surface area contributed by atoms with E-state index in [2.05, 4.69) is 31.5 Å². The number of carbonyl (C=O) groups is 1. The van der Waals surface area contributed by atoms with Crippen LogP contribution < -0.4 is 10.6 Å². The molecule has 3 N–H and O–H groups in total. The van der Waals surface area contributed by atoms with Crippen LogP contribution in [0.2, 0.25) is 10.0 Å². The van der Waals surface area contributed by atoms with Gasteiger partial charge in [-0.15, -0.1) is 0 Å². The Morgan fingerprint density at radius 2 is 1.93 bits per heavy atom. The first kappa shape index (κ1) is 28.4. The van der Waals surface area contributed by atoms with Crippen molar-refractivity contribution >= 4 is 62.8 Å². The first-order chi connectivity index (χ1) is 20.4. The van der Waals surface area contributed by atoms with Crippen LogP contribution >= 0.6 is 23.2 Å². The number of halogens is 2. The highest BCUT2D eigenvalue weighted by Crippen LogP contribution is 2.33. The molecule has 0 radical (unpaired) electrons. The van der Waals surface area contributed by atoms with E-state index in [1.54, 1.807) is 24.3 Å². The van der Waals surface area contributed by atoms with Gasteiger partial charge < -0.3 is 25.4 Å². The van der Waals surface area contributed by atoms with Gasteiger partial charge in [-0.1, -0.05) is 23.2 Å². The van der Waals surface area contributed by atoms with E-state index in [-0.39, 0.29) is 11.9 Å². The predicted octanol–water partition coefficient (Wildman–Crippen LogP) is 4.99. The Morgan fingerprint density at radius 3 is 2.69 bits per heavy atom. The molecule has 2 aromatic heterocycles. The van der Waals surface area contributed by atoms with Crippen LogP contribution in [-0.4, -0.2) is 80.9 Å². The zero-order valence-electron chi connectivity index (χ0n) is 23.3. The average Bonchev–Trinajstić information content (AvgIpc) is 3.69. The zero-order chi connectivity index (χ0) is 29.2. The van der Waals surface area contributed by atoms with Crippen molar-refractivity contribution in [3.8, 4) is 0 Å². The summed E-state index contributed by atoms with van der Waals surface area (Å²) in [5.74, 6) is 3.24. The summed E-state index contributed by atoms with van der Waals surface area (Å²) in [6.45, 7) is 3.27. The van der Waals surface area contributed by atoms with E-state index in [0.29, 0.717) is 55.8 Å². The van der Waals surface area contributed by atoms with Gasteiger partial charge in [0.2, 0.25) is 0 Å². The summed E-state index contributed by atoms with van der Waals surface area (Å²) in [5, 5.41) is 8.45.